The average molecular weight is 446 g/mol. The van der Waals surface area contributed by atoms with Gasteiger partial charge in [-0.1, -0.05) is 0 Å². The van der Waals surface area contributed by atoms with Crippen molar-refractivity contribution in [1.82, 2.24) is 9.80 Å². The number of thioether (sulfide) groups is 1. The van der Waals surface area contributed by atoms with Crippen LogP contribution in [-0.2, 0) is 9.59 Å². The van der Waals surface area contributed by atoms with Crippen LogP contribution in [0.2, 0.25) is 0 Å². The first-order chi connectivity index (χ1) is 15.1. The number of carbonyl (C=O) groups is 2. The lowest BCUT2D eigenvalue weighted by Gasteiger charge is -2.34. The van der Waals surface area contributed by atoms with Crippen molar-refractivity contribution in [1.29, 1.82) is 0 Å². The Morgan fingerprint density at radius 3 is 2.42 bits per heavy atom. The molecule has 9 heteroatoms. The van der Waals surface area contributed by atoms with Gasteiger partial charge in [-0.2, -0.15) is 0 Å². The summed E-state index contributed by atoms with van der Waals surface area (Å²) in [6.07, 6.45) is 0. The van der Waals surface area contributed by atoms with Gasteiger partial charge in [0.05, 0.1) is 12.3 Å². The SMILES string of the molecule is O=C(CN1CCN(C(=O)CSc2ccc3c(c2)OCCO3)CC1)Nc1ccc(F)cc1. The van der Waals surface area contributed by atoms with E-state index in [1.54, 1.807) is 0 Å². The summed E-state index contributed by atoms with van der Waals surface area (Å²) in [6.45, 7) is 3.78. The van der Waals surface area contributed by atoms with Crippen molar-refractivity contribution in [3.05, 3.63) is 48.3 Å². The van der Waals surface area contributed by atoms with Gasteiger partial charge in [-0.15, -0.1) is 11.8 Å². The fraction of sp³-hybridized carbons (Fsp3) is 0.364. The van der Waals surface area contributed by atoms with Gasteiger partial charge in [0, 0.05) is 36.8 Å². The van der Waals surface area contributed by atoms with Crippen molar-refractivity contribution in [2.24, 2.45) is 0 Å². The Morgan fingerprint density at radius 1 is 0.968 bits per heavy atom. The fourth-order valence-electron chi connectivity index (χ4n) is 3.44. The second-order valence-electron chi connectivity index (χ2n) is 7.31. The smallest absolute Gasteiger partial charge is 0.238 e. The number of piperazine rings is 1. The van der Waals surface area contributed by atoms with Gasteiger partial charge in [-0.3, -0.25) is 14.5 Å². The first-order valence-corrected chi connectivity index (χ1v) is 11.1. The van der Waals surface area contributed by atoms with Crippen LogP contribution >= 0.6 is 11.8 Å². The quantitative estimate of drug-likeness (QED) is 0.689. The van der Waals surface area contributed by atoms with Crippen molar-refractivity contribution < 1.29 is 23.5 Å². The molecule has 7 nitrogen and oxygen atoms in total. The Bertz CT molecular complexity index is 933. The van der Waals surface area contributed by atoms with Gasteiger partial charge in [-0.05, 0) is 42.5 Å². The number of amides is 2. The Balaban J connectivity index is 1.19. The topological polar surface area (TPSA) is 71.1 Å². The zero-order valence-corrected chi connectivity index (χ0v) is 17.8. The second-order valence-corrected chi connectivity index (χ2v) is 8.35. The van der Waals surface area contributed by atoms with E-state index in [0.717, 1.165) is 16.4 Å². The van der Waals surface area contributed by atoms with E-state index < -0.39 is 0 Å². The molecule has 2 aromatic rings. The molecule has 1 fully saturated rings. The number of hydrogen-bond acceptors (Lipinski definition) is 6. The zero-order chi connectivity index (χ0) is 21.6. The number of anilines is 1. The van der Waals surface area contributed by atoms with Crippen molar-refractivity contribution in [3.8, 4) is 11.5 Å². The number of halogens is 1. The predicted molar refractivity (Wildman–Crippen MR) is 116 cm³/mol. The van der Waals surface area contributed by atoms with Crippen molar-refractivity contribution >= 4 is 29.3 Å². The average Bonchev–Trinajstić information content (AvgIpc) is 2.79. The molecule has 2 aromatic carbocycles. The monoisotopic (exact) mass is 445 g/mol. The standard InChI is InChI=1S/C22H24FN3O4S/c23-16-1-3-17(4-2-16)24-21(27)14-25-7-9-26(10-8-25)22(28)15-31-18-5-6-19-20(13-18)30-12-11-29-19/h1-6,13H,7-12,14-15H2,(H,24,27). The minimum atomic E-state index is -0.342. The van der Waals surface area contributed by atoms with E-state index in [2.05, 4.69) is 5.32 Å². The van der Waals surface area contributed by atoms with Crippen LogP contribution in [0.5, 0.6) is 11.5 Å². The third-order valence-electron chi connectivity index (χ3n) is 5.10. The molecule has 0 atom stereocenters. The molecule has 2 aliphatic heterocycles. The van der Waals surface area contributed by atoms with Gasteiger partial charge in [-0.25, -0.2) is 4.39 Å². The van der Waals surface area contributed by atoms with E-state index in [0.29, 0.717) is 50.8 Å². The first-order valence-electron chi connectivity index (χ1n) is 10.1. The van der Waals surface area contributed by atoms with Gasteiger partial charge in [0.15, 0.2) is 11.5 Å². The molecule has 0 aromatic heterocycles. The van der Waals surface area contributed by atoms with E-state index in [-0.39, 0.29) is 24.2 Å². The zero-order valence-electron chi connectivity index (χ0n) is 17.0. The summed E-state index contributed by atoms with van der Waals surface area (Å²) in [6, 6.07) is 11.4. The molecule has 4 rings (SSSR count). The summed E-state index contributed by atoms with van der Waals surface area (Å²) in [4.78, 5) is 29.6. The highest BCUT2D eigenvalue weighted by atomic mass is 32.2. The van der Waals surface area contributed by atoms with E-state index in [1.807, 2.05) is 28.0 Å². The van der Waals surface area contributed by atoms with Crippen LogP contribution in [0.15, 0.2) is 47.4 Å². The third kappa shape index (κ3) is 5.89. The molecule has 1 N–H and O–H groups in total. The molecule has 0 spiro atoms. The summed E-state index contributed by atoms with van der Waals surface area (Å²) in [5.41, 5.74) is 0.566. The fourth-order valence-corrected chi connectivity index (χ4v) is 4.27. The molecule has 0 saturated carbocycles. The first kappa shape index (κ1) is 21.5. The number of ether oxygens (including phenoxy) is 2. The summed E-state index contributed by atoms with van der Waals surface area (Å²) >= 11 is 1.48. The number of benzene rings is 2. The lowest BCUT2D eigenvalue weighted by molar-refractivity contribution is -0.130. The molecule has 1 saturated heterocycles. The highest BCUT2D eigenvalue weighted by Gasteiger charge is 2.22. The molecule has 164 valence electrons. The Hall–Kier alpha value is -2.78. The Labute approximate surface area is 184 Å². The van der Waals surface area contributed by atoms with Crippen LogP contribution in [0, 0.1) is 5.82 Å². The van der Waals surface area contributed by atoms with E-state index >= 15 is 0 Å². The second kappa shape index (κ2) is 10.0. The van der Waals surface area contributed by atoms with Gasteiger partial charge < -0.3 is 19.7 Å². The molecule has 0 bridgehead atoms. The Morgan fingerprint density at radius 2 is 1.68 bits per heavy atom. The largest absolute Gasteiger partial charge is 0.486 e. The lowest BCUT2D eigenvalue weighted by atomic mass is 10.3. The highest BCUT2D eigenvalue weighted by molar-refractivity contribution is 8.00. The predicted octanol–water partition coefficient (Wildman–Crippen LogP) is 2.47. The van der Waals surface area contributed by atoms with E-state index in [9.17, 15) is 14.0 Å². The Kier molecular flexibility index (Phi) is 6.93. The highest BCUT2D eigenvalue weighted by Crippen LogP contribution is 2.34. The van der Waals surface area contributed by atoms with E-state index in [4.69, 9.17) is 9.47 Å². The van der Waals surface area contributed by atoms with Gasteiger partial charge >= 0.3 is 0 Å². The molecule has 0 radical (unpaired) electrons. The maximum Gasteiger partial charge on any atom is 0.238 e. The van der Waals surface area contributed by atoms with Crippen molar-refractivity contribution in [3.63, 3.8) is 0 Å². The number of carbonyl (C=O) groups excluding carboxylic acids is 2. The van der Waals surface area contributed by atoms with Crippen LogP contribution in [0.25, 0.3) is 0 Å². The maximum absolute atomic E-state index is 13.0. The lowest BCUT2D eigenvalue weighted by Crippen LogP contribution is -2.50. The molecule has 2 aliphatic rings. The number of nitrogens with one attached hydrogen (secondary N) is 1. The summed E-state index contributed by atoms with van der Waals surface area (Å²) in [5, 5.41) is 2.76. The van der Waals surface area contributed by atoms with Crippen LogP contribution in [0.3, 0.4) is 0 Å². The molecular weight excluding hydrogens is 421 g/mol. The van der Waals surface area contributed by atoms with Gasteiger partial charge in [0.1, 0.15) is 19.0 Å². The number of nitrogens with zero attached hydrogens (tertiary/aromatic N) is 2. The number of hydrogen-bond donors (Lipinski definition) is 1. The number of fused-ring (bicyclic) bond motifs is 1. The van der Waals surface area contributed by atoms with Crippen LogP contribution in [0.1, 0.15) is 0 Å². The van der Waals surface area contributed by atoms with Crippen molar-refractivity contribution in [2.75, 3.05) is 57.0 Å². The van der Waals surface area contributed by atoms with E-state index in [1.165, 1.54) is 36.0 Å². The van der Waals surface area contributed by atoms with Gasteiger partial charge in [0.25, 0.3) is 0 Å². The molecular formula is C22H24FN3O4S. The summed E-state index contributed by atoms with van der Waals surface area (Å²) in [7, 11) is 0. The molecule has 31 heavy (non-hydrogen) atoms. The van der Waals surface area contributed by atoms with Gasteiger partial charge in [0.2, 0.25) is 11.8 Å². The molecule has 2 heterocycles. The molecule has 0 unspecified atom stereocenters. The number of rotatable bonds is 6. The van der Waals surface area contributed by atoms with Crippen LogP contribution in [0.4, 0.5) is 10.1 Å². The molecule has 0 aliphatic carbocycles. The van der Waals surface area contributed by atoms with Crippen molar-refractivity contribution in [2.45, 2.75) is 4.90 Å². The minimum Gasteiger partial charge on any atom is -0.486 e. The van der Waals surface area contributed by atoms with Crippen LogP contribution < -0.4 is 14.8 Å². The molecule has 2 amide bonds. The summed E-state index contributed by atoms with van der Waals surface area (Å²) in [5.74, 6) is 1.39. The third-order valence-corrected chi connectivity index (χ3v) is 6.07. The normalized spacial score (nSPS) is 16.1. The van der Waals surface area contributed by atoms with Crippen LogP contribution in [-0.4, -0.2) is 73.3 Å². The maximum atomic E-state index is 13.0. The summed E-state index contributed by atoms with van der Waals surface area (Å²) < 4.78 is 24.1. The minimum absolute atomic E-state index is 0.0790.